The fourth-order valence-electron chi connectivity index (χ4n) is 5.12. The number of amides is 2. The van der Waals surface area contributed by atoms with Gasteiger partial charge >= 0.3 is 15.2 Å². The van der Waals surface area contributed by atoms with E-state index in [9.17, 15) is 18.0 Å². The molecule has 0 saturated carbocycles. The lowest BCUT2D eigenvalue weighted by molar-refractivity contribution is -0.526. The number of carbonyl (C=O) groups excluding carboxylic acids is 2. The minimum atomic E-state index is -3.89. The van der Waals surface area contributed by atoms with E-state index in [-0.39, 0.29) is 22.5 Å². The number of hydrogen-bond acceptors (Lipinski definition) is 6. The Morgan fingerprint density at radius 3 is 2.30 bits per heavy atom. The molecule has 2 N–H and O–H groups in total. The highest BCUT2D eigenvalue weighted by atomic mass is 79.9. The standard InChI is InChI=1S/C32H28BrN5O4S2/c33-24-8-6-7-23(21-24)31(40)37-19-17-36(18-20-37)26-15-13-25(14-16-26)34-30(39)22-43-32-35-28-11-4-5-12-29(28)38(32)44(41,42)27-9-2-1-3-10-27/h1-16,21H,17-20,22H2,(H,34,39)/p+1. The third-order valence-corrected chi connectivity index (χ3v) is 10.6. The predicted molar refractivity (Wildman–Crippen MR) is 176 cm³/mol. The van der Waals surface area contributed by atoms with Gasteiger partial charge in [-0.25, -0.2) is 4.98 Å². The molecule has 0 aliphatic carbocycles. The van der Waals surface area contributed by atoms with Gasteiger partial charge in [-0.1, -0.05) is 52.3 Å². The maximum absolute atomic E-state index is 13.6. The van der Waals surface area contributed by atoms with Crippen molar-refractivity contribution in [1.82, 2.24) is 9.88 Å². The summed E-state index contributed by atoms with van der Waals surface area (Å²) in [5.74, 6) is -0.227. The number of para-hydroxylation sites is 2. The Labute approximate surface area is 268 Å². The number of rotatable bonds is 8. The van der Waals surface area contributed by atoms with Crippen molar-refractivity contribution in [1.29, 1.82) is 0 Å². The van der Waals surface area contributed by atoms with Crippen molar-refractivity contribution in [3.8, 4) is 0 Å². The summed E-state index contributed by atoms with van der Waals surface area (Å²) in [6, 6.07) is 30.4. The van der Waals surface area contributed by atoms with Crippen LogP contribution in [0.2, 0.25) is 0 Å². The first-order valence-corrected chi connectivity index (χ1v) is 17.2. The number of anilines is 2. The topological polar surface area (TPSA) is 106 Å². The smallest absolute Gasteiger partial charge is 0.336 e. The first kappa shape index (κ1) is 29.9. The van der Waals surface area contributed by atoms with Gasteiger partial charge in [0.2, 0.25) is 5.91 Å². The number of piperazine rings is 1. The molecule has 0 spiro atoms. The lowest BCUT2D eigenvalue weighted by Gasteiger charge is -2.36. The summed E-state index contributed by atoms with van der Waals surface area (Å²) in [5.41, 5.74) is 3.49. The molecule has 5 aromatic rings. The number of aromatic nitrogens is 2. The Morgan fingerprint density at radius 2 is 1.57 bits per heavy atom. The van der Waals surface area contributed by atoms with Crippen LogP contribution >= 0.6 is 27.7 Å². The number of H-pyrrole nitrogens is 1. The average molecular weight is 692 g/mol. The van der Waals surface area contributed by atoms with Crippen molar-refractivity contribution in [3.05, 3.63) is 113 Å². The molecule has 2 amide bonds. The van der Waals surface area contributed by atoms with E-state index < -0.39 is 10.0 Å². The zero-order chi connectivity index (χ0) is 30.7. The number of nitrogens with one attached hydrogen (secondary N) is 2. The van der Waals surface area contributed by atoms with Gasteiger partial charge in [0, 0.05) is 47.6 Å². The van der Waals surface area contributed by atoms with E-state index in [0.717, 1.165) is 21.9 Å². The minimum Gasteiger partial charge on any atom is -0.368 e. The van der Waals surface area contributed by atoms with Crippen LogP contribution in [0.15, 0.2) is 118 Å². The molecule has 0 atom stereocenters. The Balaban J connectivity index is 1.07. The van der Waals surface area contributed by atoms with Crippen LogP contribution in [-0.2, 0) is 14.8 Å². The molecular weight excluding hydrogens is 662 g/mol. The molecule has 1 aliphatic heterocycles. The normalized spacial score (nSPS) is 13.7. The Hall–Kier alpha value is -4.13. The number of nitrogens with zero attached hydrogens (tertiary/aromatic N) is 3. The second-order valence-electron chi connectivity index (χ2n) is 10.2. The van der Waals surface area contributed by atoms with Gasteiger partial charge in [0.1, 0.15) is 4.90 Å². The van der Waals surface area contributed by atoms with Gasteiger partial charge in [0.05, 0.1) is 5.75 Å². The van der Waals surface area contributed by atoms with Gasteiger partial charge < -0.3 is 15.1 Å². The van der Waals surface area contributed by atoms with Crippen LogP contribution in [0.4, 0.5) is 11.4 Å². The molecule has 1 aliphatic rings. The monoisotopic (exact) mass is 690 g/mol. The number of imidazole rings is 1. The van der Waals surface area contributed by atoms with E-state index in [1.807, 2.05) is 59.5 Å². The van der Waals surface area contributed by atoms with Crippen molar-refractivity contribution < 1.29 is 22.0 Å². The van der Waals surface area contributed by atoms with Crippen LogP contribution in [-0.4, -0.2) is 62.0 Å². The number of carbonyl (C=O) groups is 2. The quantitative estimate of drug-likeness (QED) is 0.172. The summed E-state index contributed by atoms with van der Waals surface area (Å²) < 4.78 is 29.3. The fraction of sp³-hybridized carbons (Fsp3) is 0.156. The van der Waals surface area contributed by atoms with Gasteiger partial charge in [0.25, 0.3) is 5.91 Å². The SMILES string of the molecule is O=C(CSc1[nH]c2ccccc2[n+]1S(=O)(=O)c1ccccc1)Nc1ccc(N2CCN(C(=O)c3cccc(Br)c3)CC2)cc1. The van der Waals surface area contributed by atoms with E-state index >= 15 is 0 Å². The maximum atomic E-state index is 13.6. The fourth-order valence-corrected chi connectivity index (χ4v) is 8.10. The van der Waals surface area contributed by atoms with E-state index in [0.29, 0.717) is 53.6 Å². The number of benzene rings is 4. The largest absolute Gasteiger partial charge is 0.368 e. The Bertz CT molecular complexity index is 1920. The Morgan fingerprint density at radius 1 is 0.864 bits per heavy atom. The van der Waals surface area contributed by atoms with Crippen LogP contribution in [0, 0.1) is 0 Å². The van der Waals surface area contributed by atoms with Crippen molar-refractivity contribution in [2.75, 3.05) is 42.1 Å². The molecule has 6 rings (SSSR count). The van der Waals surface area contributed by atoms with E-state index in [1.54, 1.807) is 48.5 Å². The summed E-state index contributed by atoms with van der Waals surface area (Å²) in [6.07, 6.45) is 0. The van der Waals surface area contributed by atoms with Crippen molar-refractivity contribution in [2.45, 2.75) is 10.1 Å². The first-order chi connectivity index (χ1) is 21.3. The number of aromatic amines is 1. The van der Waals surface area contributed by atoms with Gasteiger partial charge in [-0.05, 0) is 78.5 Å². The first-order valence-electron chi connectivity index (χ1n) is 14.0. The van der Waals surface area contributed by atoms with Crippen molar-refractivity contribution >= 4 is 71.9 Å². The number of fused-ring (bicyclic) bond motifs is 1. The zero-order valence-electron chi connectivity index (χ0n) is 23.5. The number of thioether (sulfide) groups is 1. The number of hydrogen-bond donors (Lipinski definition) is 2. The third-order valence-electron chi connectivity index (χ3n) is 7.32. The zero-order valence-corrected chi connectivity index (χ0v) is 26.7. The average Bonchev–Trinajstić information content (AvgIpc) is 3.44. The molecule has 0 unspecified atom stereocenters. The molecule has 0 radical (unpaired) electrons. The van der Waals surface area contributed by atoms with Crippen LogP contribution < -0.4 is 14.2 Å². The van der Waals surface area contributed by atoms with Crippen LogP contribution in [0.25, 0.3) is 11.0 Å². The molecule has 1 aromatic heterocycles. The molecule has 12 heteroatoms. The molecule has 44 heavy (non-hydrogen) atoms. The van der Waals surface area contributed by atoms with Crippen molar-refractivity contribution in [2.24, 2.45) is 0 Å². The minimum absolute atomic E-state index is 0.00680. The lowest BCUT2D eigenvalue weighted by Crippen LogP contribution is -2.48. The van der Waals surface area contributed by atoms with Gasteiger partial charge in [-0.2, -0.15) is 8.42 Å². The molecule has 1 fully saturated rings. The van der Waals surface area contributed by atoms with Gasteiger partial charge in [-0.3, -0.25) is 9.59 Å². The molecule has 9 nitrogen and oxygen atoms in total. The van der Waals surface area contributed by atoms with Gasteiger partial charge in [-0.15, -0.1) is 3.97 Å². The molecule has 0 bridgehead atoms. The van der Waals surface area contributed by atoms with Crippen LogP contribution in [0.3, 0.4) is 0 Å². The summed E-state index contributed by atoms with van der Waals surface area (Å²) in [6.45, 7) is 2.65. The molecule has 224 valence electrons. The highest BCUT2D eigenvalue weighted by Gasteiger charge is 2.32. The van der Waals surface area contributed by atoms with Crippen LogP contribution in [0.1, 0.15) is 10.4 Å². The van der Waals surface area contributed by atoms with E-state index in [4.69, 9.17) is 0 Å². The second-order valence-corrected chi connectivity index (χ2v) is 13.9. The molecular formula is C32H29BrN5O4S2+. The Kier molecular flexibility index (Phi) is 8.74. The molecule has 4 aromatic carbocycles. The predicted octanol–water partition coefficient (Wildman–Crippen LogP) is 5.15. The summed E-state index contributed by atoms with van der Waals surface area (Å²) in [7, 11) is -3.89. The molecule has 1 saturated heterocycles. The number of halogens is 1. The van der Waals surface area contributed by atoms with E-state index in [2.05, 4.69) is 31.1 Å². The van der Waals surface area contributed by atoms with Crippen LogP contribution in [0.5, 0.6) is 0 Å². The van der Waals surface area contributed by atoms with Crippen molar-refractivity contribution in [3.63, 3.8) is 0 Å². The highest BCUT2D eigenvalue weighted by Crippen LogP contribution is 2.24. The lowest BCUT2D eigenvalue weighted by atomic mass is 10.1. The van der Waals surface area contributed by atoms with E-state index in [1.165, 1.54) is 3.97 Å². The maximum Gasteiger partial charge on any atom is 0.336 e. The molecule has 2 heterocycles. The summed E-state index contributed by atoms with van der Waals surface area (Å²) in [4.78, 5) is 33.2. The highest BCUT2D eigenvalue weighted by molar-refractivity contribution is 9.10. The second kappa shape index (κ2) is 12.8. The summed E-state index contributed by atoms with van der Waals surface area (Å²) >= 11 is 4.55. The van der Waals surface area contributed by atoms with Gasteiger partial charge in [0.15, 0.2) is 11.0 Å². The third kappa shape index (κ3) is 6.37. The summed E-state index contributed by atoms with van der Waals surface area (Å²) in [5, 5.41) is 3.25.